The molecule has 4 heteroatoms. The smallest absolute Gasteiger partial charge is 0.309 e. The van der Waals surface area contributed by atoms with Crippen LogP contribution in [0.25, 0.3) is 0 Å². The van der Waals surface area contributed by atoms with Crippen LogP contribution in [0.4, 0.5) is 0 Å². The lowest BCUT2D eigenvalue weighted by Crippen LogP contribution is -2.63. The molecule has 0 aromatic heterocycles. The number of carboxylic acids is 1. The predicted molar refractivity (Wildman–Crippen MR) is 98.4 cm³/mol. The quantitative estimate of drug-likeness (QED) is 0.578. The van der Waals surface area contributed by atoms with Gasteiger partial charge in [-0.15, -0.1) is 0 Å². The van der Waals surface area contributed by atoms with Gasteiger partial charge in [-0.25, -0.2) is 0 Å². The van der Waals surface area contributed by atoms with Crippen LogP contribution < -0.4 is 0 Å². The zero-order valence-corrected chi connectivity index (χ0v) is 16.3. The molecule has 0 heterocycles. The topological polar surface area (TPSA) is 63.6 Å². The van der Waals surface area contributed by atoms with Crippen molar-refractivity contribution in [3.63, 3.8) is 0 Å². The Morgan fingerprint density at radius 1 is 1.19 bits per heavy atom. The number of rotatable bonds is 2. The lowest BCUT2D eigenvalue weighted by Gasteiger charge is -2.65. The van der Waals surface area contributed by atoms with E-state index in [4.69, 9.17) is 4.74 Å². The summed E-state index contributed by atoms with van der Waals surface area (Å²) in [5, 5.41) is 10.1. The van der Waals surface area contributed by atoms with Gasteiger partial charge in [0.25, 0.3) is 0 Å². The minimum Gasteiger partial charge on any atom is -0.481 e. The number of allylic oxidation sites excluding steroid dienone is 1. The number of ether oxygens (including phenoxy) is 1. The summed E-state index contributed by atoms with van der Waals surface area (Å²) < 4.78 is 5.92. The SMILES string of the molecule is C=C1C[C@]23CC1CC[C@H]2[C@]1(C)CCC[C@](C)(C(=O)O)[C@H]1C[C@@H]3OC(C)=O. The van der Waals surface area contributed by atoms with E-state index in [1.807, 2.05) is 6.92 Å². The fourth-order valence-corrected chi connectivity index (χ4v) is 7.86. The van der Waals surface area contributed by atoms with Crippen molar-refractivity contribution < 1.29 is 19.4 Å². The number of esters is 1. The van der Waals surface area contributed by atoms with Crippen LogP contribution in [0.5, 0.6) is 0 Å². The summed E-state index contributed by atoms with van der Waals surface area (Å²) in [4.78, 5) is 24.2. The van der Waals surface area contributed by atoms with E-state index >= 15 is 0 Å². The fraction of sp³-hybridized carbons (Fsp3) is 0.818. The van der Waals surface area contributed by atoms with Gasteiger partial charge in [-0.2, -0.15) is 0 Å². The largest absolute Gasteiger partial charge is 0.481 e. The molecule has 4 aliphatic rings. The average molecular weight is 360 g/mol. The minimum absolute atomic E-state index is 0.0115. The van der Waals surface area contributed by atoms with E-state index in [-0.39, 0.29) is 28.8 Å². The Hall–Kier alpha value is -1.32. The lowest BCUT2D eigenvalue weighted by atomic mass is 9.40. The molecule has 0 aromatic carbocycles. The Morgan fingerprint density at radius 3 is 2.58 bits per heavy atom. The molecule has 0 amide bonds. The van der Waals surface area contributed by atoms with Crippen molar-refractivity contribution >= 4 is 11.9 Å². The number of carbonyl (C=O) groups is 2. The molecular formula is C22H32O4. The van der Waals surface area contributed by atoms with Gasteiger partial charge < -0.3 is 9.84 Å². The van der Waals surface area contributed by atoms with Gasteiger partial charge >= 0.3 is 11.9 Å². The van der Waals surface area contributed by atoms with Crippen LogP contribution in [0.15, 0.2) is 12.2 Å². The molecule has 1 N–H and O–H groups in total. The van der Waals surface area contributed by atoms with Crippen molar-refractivity contribution in [2.45, 2.75) is 78.2 Å². The van der Waals surface area contributed by atoms with Gasteiger partial charge in [-0.1, -0.05) is 25.5 Å². The second kappa shape index (κ2) is 5.59. The average Bonchev–Trinajstić information content (AvgIpc) is 2.79. The van der Waals surface area contributed by atoms with Crippen molar-refractivity contribution in [1.29, 1.82) is 0 Å². The molecule has 26 heavy (non-hydrogen) atoms. The zero-order chi connectivity index (χ0) is 18.9. The number of carbonyl (C=O) groups excluding carboxylic acids is 1. The predicted octanol–water partition coefficient (Wildman–Crippen LogP) is 4.58. The third-order valence-corrected chi connectivity index (χ3v) is 8.92. The highest BCUT2D eigenvalue weighted by atomic mass is 16.5. The highest BCUT2D eigenvalue weighted by Gasteiger charge is 2.69. The first-order valence-corrected chi connectivity index (χ1v) is 10.2. The normalized spacial score (nSPS) is 49.9. The second-order valence-electron chi connectivity index (χ2n) is 10.1. The van der Waals surface area contributed by atoms with Gasteiger partial charge in [-0.3, -0.25) is 9.59 Å². The maximum atomic E-state index is 12.2. The van der Waals surface area contributed by atoms with Crippen LogP contribution in [-0.4, -0.2) is 23.1 Å². The summed E-state index contributed by atoms with van der Waals surface area (Å²) in [5.41, 5.74) is 0.591. The Morgan fingerprint density at radius 2 is 1.92 bits per heavy atom. The van der Waals surface area contributed by atoms with Crippen molar-refractivity contribution in [1.82, 2.24) is 0 Å². The van der Waals surface area contributed by atoms with Crippen molar-refractivity contribution in [2.75, 3.05) is 0 Å². The highest BCUT2D eigenvalue weighted by molar-refractivity contribution is 5.75. The maximum Gasteiger partial charge on any atom is 0.309 e. The Labute approximate surface area is 156 Å². The summed E-state index contributed by atoms with van der Waals surface area (Å²) in [7, 11) is 0. The van der Waals surface area contributed by atoms with E-state index in [9.17, 15) is 14.7 Å². The highest BCUT2D eigenvalue weighted by Crippen LogP contribution is 2.72. The Bertz CT molecular complexity index is 669. The summed E-state index contributed by atoms with van der Waals surface area (Å²) in [5.74, 6) is 0.118. The van der Waals surface area contributed by atoms with E-state index in [1.165, 1.54) is 12.5 Å². The van der Waals surface area contributed by atoms with Crippen LogP contribution in [-0.2, 0) is 14.3 Å². The second-order valence-corrected chi connectivity index (χ2v) is 10.1. The van der Waals surface area contributed by atoms with E-state index < -0.39 is 11.4 Å². The number of fused-ring (bicyclic) bond motifs is 3. The third kappa shape index (κ3) is 2.20. The van der Waals surface area contributed by atoms with Crippen molar-refractivity contribution in [3.05, 3.63) is 12.2 Å². The molecule has 1 unspecified atom stereocenters. The van der Waals surface area contributed by atoms with Gasteiger partial charge in [0.1, 0.15) is 6.10 Å². The molecule has 0 radical (unpaired) electrons. The van der Waals surface area contributed by atoms with Crippen LogP contribution in [0, 0.1) is 34.0 Å². The molecule has 0 saturated heterocycles. The molecule has 1 spiro atoms. The van der Waals surface area contributed by atoms with Gasteiger partial charge in [0.2, 0.25) is 0 Å². The molecule has 4 aliphatic carbocycles. The van der Waals surface area contributed by atoms with E-state index in [1.54, 1.807) is 0 Å². The molecular weight excluding hydrogens is 328 g/mol. The van der Waals surface area contributed by atoms with Gasteiger partial charge in [0, 0.05) is 12.3 Å². The van der Waals surface area contributed by atoms with Crippen molar-refractivity contribution in [2.24, 2.45) is 34.0 Å². The monoisotopic (exact) mass is 360 g/mol. The molecule has 7 atom stereocenters. The van der Waals surface area contributed by atoms with E-state index in [0.29, 0.717) is 18.3 Å². The van der Waals surface area contributed by atoms with E-state index in [0.717, 1.165) is 44.9 Å². The third-order valence-electron chi connectivity index (χ3n) is 8.92. The first-order chi connectivity index (χ1) is 12.1. The Balaban J connectivity index is 1.82. The number of aliphatic carboxylic acids is 1. The molecule has 4 fully saturated rings. The summed E-state index contributed by atoms with van der Waals surface area (Å²) in [6.07, 6.45) is 7.62. The van der Waals surface area contributed by atoms with Crippen LogP contribution in [0.2, 0.25) is 0 Å². The van der Waals surface area contributed by atoms with Crippen LogP contribution in [0.1, 0.15) is 72.1 Å². The lowest BCUT2D eigenvalue weighted by molar-refractivity contribution is -0.218. The standard InChI is InChI=1S/C22H32O4/c1-13-11-22-12-15(13)6-7-16(22)20(3)8-5-9-21(4,19(24)25)17(20)10-18(22)26-14(2)23/h15-18H,1,5-12H2,2-4H3,(H,24,25)/t15?,16-,17-,18-,20-,21-,22-/m0/s1. The van der Waals surface area contributed by atoms with Crippen LogP contribution >= 0.6 is 0 Å². The minimum atomic E-state index is -0.723. The number of carboxylic acid groups (broad SMARTS) is 1. The molecule has 4 nitrogen and oxygen atoms in total. The van der Waals surface area contributed by atoms with E-state index in [2.05, 4.69) is 13.5 Å². The molecule has 2 bridgehead atoms. The van der Waals surface area contributed by atoms with Crippen LogP contribution in [0.3, 0.4) is 0 Å². The summed E-state index contributed by atoms with van der Waals surface area (Å²) >= 11 is 0. The fourth-order valence-electron chi connectivity index (χ4n) is 7.86. The first kappa shape index (κ1) is 18.1. The van der Waals surface area contributed by atoms with Gasteiger partial charge in [0.15, 0.2) is 0 Å². The summed E-state index contributed by atoms with van der Waals surface area (Å²) in [6, 6.07) is 0. The number of hydrogen-bond donors (Lipinski definition) is 1. The molecule has 0 aliphatic heterocycles. The first-order valence-electron chi connectivity index (χ1n) is 10.2. The maximum absolute atomic E-state index is 12.2. The van der Waals surface area contributed by atoms with Gasteiger partial charge in [-0.05, 0) is 75.0 Å². The molecule has 144 valence electrons. The number of hydrogen-bond acceptors (Lipinski definition) is 3. The van der Waals surface area contributed by atoms with Gasteiger partial charge in [0.05, 0.1) is 5.41 Å². The Kier molecular flexibility index (Phi) is 3.88. The molecule has 4 rings (SSSR count). The zero-order valence-electron chi connectivity index (χ0n) is 16.3. The molecule has 4 saturated carbocycles. The summed E-state index contributed by atoms with van der Waals surface area (Å²) in [6.45, 7) is 10.1. The molecule has 0 aromatic rings. The van der Waals surface area contributed by atoms with Crippen molar-refractivity contribution in [3.8, 4) is 0 Å².